The number of amides is 2. The van der Waals surface area contributed by atoms with E-state index in [0.717, 1.165) is 31.4 Å². The van der Waals surface area contributed by atoms with Crippen LogP contribution in [0, 0.1) is 13.8 Å². The van der Waals surface area contributed by atoms with Crippen LogP contribution in [0.3, 0.4) is 0 Å². The maximum Gasteiger partial charge on any atom is 0.251 e. The van der Waals surface area contributed by atoms with E-state index < -0.39 is 6.04 Å². The lowest BCUT2D eigenvalue weighted by molar-refractivity contribution is -0.128. The van der Waals surface area contributed by atoms with E-state index in [-0.39, 0.29) is 30.2 Å². The number of nitrogens with one attached hydrogen (secondary N) is 1. The summed E-state index contributed by atoms with van der Waals surface area (Å²) < 4.78 is 11.6. The molecule has 0 saturated heterocycles. The third-order valence-electron chi connectivity index (χ3n) is 8.45. The summed E-state index contributed by atoms with van der Waals surface area (Å²) in [4.78, 5) is 30.9. The molecular formula is C32H38N6O4. The van der Waals surface area contributed by atoms with Gasteiger partial charge >= 0.3 is 0 Å². The van der Waals surface area contributed by atoms with Gasteiger partial charge in [0.15, 0.2) is 11.8 Å². The minimum absolute atomic E-state index is 0.0815. The van der Waals surface area contributed by atoms with E-state index in [4.69, 9.17) is 8.83 Å². The lowest BCUT2D eigenvalue weighted by Gasteiger charge is -2.31. The Balaban J connectivity index is 1.34. The van der Waals surface area contributed by atoms with E-state index in [2.05, 4.69) is 32.9 Å². The van der Waals surface area contributed by atoms with Crippen LogP contribution in [-0.4, -0.2) is 38.1 Å². The zero-order valence-corrected chi connectivity index (χ0v) is 24.3. The molecule has 1 atom stereocenters. The Morgan fingerprint density at radius 2 is 1.60 bits per heavy atom. The van der Waals surface area contributed by atoms with Crippen molar-refractivity contribution in [3.05, 3.63) is 71.4 Å². The van der Waals surface area contributed by atoms with Gasteiger partial charge in [-0.1, -0.05) is 44.2 Å². The third kappa shape index (κ3) is 6.17. The second kappa shape index (κ2) is 12.3. The number of anilines is 1. The standard InChI is InChI=1S/C32H38N6O4/c1-21-12-18-27(41-21)30(32(40)33-25-10-6-7-11-25)38(26-16-14-24(15-17-26)23-8-4-3-5-9-23)29(39)20-37-35-31(34-36-37)28-19-13-22(2)42-28/h12-19,23,25,30H,3-11,20H2,1-2H3,(H,33,40)/t30-/m1/s1. The molecule has 6 rings (SSSR count). The number of furan rings is 2. The highest BCUT2D eigenvalue weighted by Gasteiger charge is 2.37. The molecule has 3 aromatic heterocycles. The fraction of sp³-hybridized carbons (Fsp3) is 0.469. The van der Waals surface area contributed by atoms with Crippen LogP contribution in [0.25, 0.3) is 11.6 Å². The number of hydrogen-bond acceptors (Lipinski definition) is 7. The minimum atomic E-state index is -0.997. The maximum absolute atomic E-state index is 14.2. The second-order valence-electron chi connectivity index (χ2n) is 11.6. The van der Waals surface area contributed by atoms with Gasteiger partial charge in [0, 0.05) is 11.7 Å². The van der Waals surface area contributed by atoms with Gasteiger partial charge in [-0.15, -0.1) is 10.2 Å². The summed E-state index contributed by atoms with van der Waals surface area (Å²) in [6.45, 7) is 3.45. The largest absolute Gasteiger partial charge is 0.464 e. The van der Waals surface area contributed by atoms with Crippen molar-refractivity contribution in [3.63, 3.8) is 0 Å². The molecule has 2 aliphatic rings. The molecule has 2 saturated carbocycles. The highest BCUT2D eigenvalue weighted by atomic mass is 16.3. The number of benzene rings is 1. The number of aryl methyl sites for hydroxylation is 2. The van der Waals surface area contributed by atoms with Gasteiger partial charge in [0.2, 0.25) is 5.82 Å². The molecular weight excluding hydrogens is 532 g/mol. The summed E-state index contributed by atoms with van der Waals surface area (Å²) in [6, 6.07) is 14.3. The molecule has 4 aromatic rings. The summed E-state index contributed by atoms with van der Waals surface area (Å²) >= 11 is 0. The van der Waals surface area contributed by atoms with Crippen molar-refractivity contribution >= 4 is 17.5 Å². The quantitative estimate of drug-likeness (QED) is 0.261. The lowest BCUT2D eigenvalue weighted by Crippen LogP contribution is -2.47. The first-order chi connectivity index (χ1) is 20.4. The van der Waals surface area contributed by atoms with E-state index >= 15 is 0 Å². The molecule has 2 fully saturated rings. The van der Waals surface area contributed by atoms with Crippen molar-refractivity contribution < 1.29 is 18.4 Å². The molecule has 10 nitrogen and oxygen atoms in total. The van der Waals surface area contributed by atoms with Gasteiger partial charge in [0.05, 0.1) is 0 Å². The van der Waals surface area contributed by atoms with Crippen molar-refractivity contribution in [2.24, 2.45) is 0 Å². The Hall–Kier alpha value is -4.21. The molecule has 220 valence electrons. The number of aromatic nitrogens is 4. The summed E-state index contributed by atoms with van der Waals surface area (Å²) in [7, 11) is 0. The number of carbonyl (C=O) groups is 2. The maximum atomic E-state index is 14.2. The SMILES string of the molecule is Cc1ccc(-c2nnn(CC(=O)N(c3ccc(C4CCCCC4)cc3)[C@@H](C(=O)NC3CCCC3)c3ccc(C)o3)n2)o1. The normalized spacial score (nSPS) is 16.9. The molecule has 10 heteroatoms. The van der Waals surface area contributed by atoms with Gasteiger partial charge in [-0.05, 0) is 92.6 Å². The highest BCUT2D eigenvalue weighted by Crippen LogP contribution is 2.35. The Kier molecular flexibility index (Phi) is 8.21. The number of rotatable bonds is 9. The molecule has 0 aliphatic heterocycles. The summed E-state index contributed by atoms with van der Waals surface area (Å²) in [6.07, 6.45) is 10.1. The van der Waals surface area contributed by atoms with Gasteiger partial charge in [0.1, 0.15) is 23.8 Å². The fourth-order valence-electron chi connectivity index (χ4n) is 6.27. The number of tetrazole rings is 1. The predicted molar refractivity (Wildman–Crippen MR) is 157 cm³/mol. The van der Waals surface area contributed by atoms with Crippen molar-refractivity contribution in [3.8, 4) is 11.6 Å². The van der Waals surface area contributed by atoms with Crippen molar-refractivity contribution in [2.75, 3.05) is 4.90 Å². The smallest absolute Gasteiger partial charge is 0.251 e. The molecule has 1 aromatic carbocycles. The molecule has 0 unspecified atom stereocenters. The number of hydrogen-bond donors (Lipinski definition) is 1. The average molecular weight is 571 g/mol. The molecule has 0 bridgehead atoms. The van der Waals surface area contributed by atoms with Crippen molar-refractivity contribution in [2.45, 2.75) is 96.2 Å². The molecule has 1 N–H and O–H groups in total. The van der Waals surface area contributed by atoms with E-state index in [9.17, 15) is 9.59 Å². The first-order valence-electron chi connectivity index (χ1n) is 15.1. The van der Waals surface area contributed by atoms with Gasteiger partial charge in [-0.3, -0.25) is 14.5 Å². The average Bonchev–Trinajstić information content (AvgIpc) is 3.82. The molecule has 3 heterocycles. The highest BCUT2D eigenvalue weighted by molar-refractivity contribution is 6.01. The summed E-state index contributed by atoms with van der Waals surface area (Å²) in [5.41, 5.74) is 1.88. The molecule has 0 spiro atoms. The van der Waals surface area contributed by atoms with Crippen LogP contribution >= 0.6 is 0 Å². The van der Waals surface area contributed by atoms with Gasteiger partial charge in [-0.2, -0.15) is 4.80 Å². The summed E-state index contributed by atoms with van der Waals surface area (Å²) in [5.74, 6) is 2.46. The van der Waals surface area contributed by atoms with Crippen molar-refractivity contribution in [1.29, 1.82) is 0 Å². The van der Waals surface area contributed by atoms with E-state index in [0.29, 0.717) is 28.9 Å². The van der Waals surface area contributed by atoms with Crippen molar-refractivity contribution in [1.82, 2.24) is 25.5 Å². The van der Waals surface area contributed by atoms with E-state index in [1.54, 1.807) is 12.1 Å². The van der Waals surface area contributed by atoms with Crippen LogP contribution in [0.5, 0.6) is 0 Å². The number of carbonyl (C=O) groups excluding carboxylic acids is 2. The Morgan fingerprint density at radius 1 is 0.905 bits per heavy atom. The first-order valence-corrected chi connectivity index (χ1v) is 15.1. The molecule has 0 radical (unpaired) electrons. The predicted octanol–water partition coefficient (Wildman–Crippen LogP) is 6.02. The van der Waals surface area contributed by atoms with Gasteiger partial charge in [-0.25, -0.2) is 0 Å². The topological polar surface area (TPSA) is 119 Å². The van der Waals surface area contributed by atoms with E-state index in [1.165, 1.54) is 47.4 Å². The molecule has 2 aliphatic carbocycles. The molecule has 42 heavy (non-hydrogen) atoms. The zero-order chi connectivity index (χ0) is 29.1. The molecule has 2 amide bonds. The Bertz CT molecular complexity index is 1510. The summed E-state index contributed by atoms with van der Waals surface area (Å²) in [5, 5.41) is 15.7. The second-order valence-corrected chi connectivity index (χ2v) is 11.6. The van der Waals surface area contributed by atoms with Crippen LogP contribution in [0.1, 0.15) is 92.6 Å². The van der Waals surface area contributed by atoms with Crippen LogP contribution in [-0.2, 0) is 16.1 Å². The monoisotopic (exact) mass is 570 g/mol. The van der Waals surface area contributed by atoms with Crippen LogP contribution in [0.15, 0.2) is 57.4 Å². The third-order valence-corrected chi connectivity index (χ3v) is 8.45. The number of nitrogens with zero attached hydrogens (tertiary/aromatic N) is 5. The Morgan fingerprint density at radius 3 is 2.26 bits per heavy atom. The lowest BCUT2D eigenvalue weighted by atomic mass is 9.84. The van der Waals surface area contributed by atoms with Crippen LogP contribution < -0.4 is 10.2 Å². The van der Waals surface area contributed by atoms with Crippen LogP contribution in [0.4, 0.5) is 5.69 Å². The zero-order valence-electron chi connectivity index (χ0n) is 24.3. The van der Waals surface area contributed by atoms with Gasteiger partial charge in [0.25, 0.3) is 11.8 Å². The Labute approximate surface area is 245 Å². The van der Waals surface area contributed by atoms with Crippen LogP contribution in [0.2, 0.25) is 0 Å². The van der Waals surface area contributed by atoms with Gasteiger partial charge < -0.3 is 14.2 Å². The van der Waals surface area contributed by atoms with E-state index in [1.807, 2.05) is 38.1 Å². The minimum Gasteiger partial charge on any atom is -0.464 e. The fourth-order valence-corrected chi connectivity index (χ4v) is 6.27. The first kappa shape index (κ1) is 27.9.